The Morgan fingerprint density at radius 3 is 2.52 bits per heavy atom. The average Bonchev–Trinajstić information content (AvgIpc) is 3.09. The van der Waals surface area contributed by atoms with Crippen molar-refractivity contribution in [1.29, 1.82) is 0 Å². The highest BCUT2D eigenvalue weighted by atomic mass is 35.5. The van der Waals surface area contributed by atoms with Crippen LogP contribution in [0.3, 0.4) is 0 Å². The Morgan fingerprint density at radius 2 is 1.81 bits per heavy atom. The Bertz CT molecular complexity index is 881. The third kappa shape index (κ3) is 4.83. The summed E-state index contributed by atoms with van der Waals surface area (Å²) >= 11 is 7.67. The summed E-state index contributed by atoms with van der Waals surface area (Å²) in [4.78, 5) is 0. The van der Waals surface area contributed by atoms with Gasteiger partial charge in [-0.15, -0.1) is 10.2 Å². The smallest absolute Gasteiger partial charge is 0.196 e. The van der Waals surface area contributed by atoms with E-state index in [1.165, 1.54) is 0 Å². The first-order valence-electron chi connectivity index (χ1n) is 8.69. The molecule has 0 amide bonds. The SMILES string of the molecule is COc1ccccc1-c1nnc(SCCOC(C)C)n1-c1ccc(Cl)cc1. The molecule has 0 radical (unpaired) electrons. The number of aromatic nitrogens is 3. The molecule has 0 N–H and O–H groups in total. The molecule has 142 valence electrons. The maximum absolute atomic E-state index is 6.07. The summed E-state index contributed by atoms with van der Waals surface area (Å²) in [6.45, 7) is 4.71. The fourth-order valence-electron chi connectivity index (χ4n) is 2.61. The van der Waals surface area contributed by atoms with Gasteiger partial charge in [0.05, 0.1) is 25.4 Å². The Labute approximate surface area is 168 Å². The van der Waals surface area contributed by atoms with Crippen molar-refractivity contribution < 1.29 is 9.47 Å². The summed E-state index contributed by atoms with van der Waals surface area (Å²) in [5.41, 5.74) is 1.82. The van der Waals surface area contributed by atoms with Gasteiger partial charge in [0, 0.05) is 16.5 Å². The van der Waals surface area contributed by atoms with Crippen LogP contribution in [0.15, 0.2) is 53.7 Å². The molecule has 0 aliphatic carbocycles. The Balaban J connectivity index is 1.99. The first kappa shape index (κ1) is 19.7. The Hall–Kier alpha value is -2.02. The zero-order valence-corrected chi connectivity index (χ0v) is 17.1. The fraction of sp³-hybridized carbons (Fsp3) is 0.300. The van der Waals surface area contributed by atoms with Crippen molar-refractivity contribution >= 4 is 23.4 Å². The van der Waals surface area contributed by atoms with Gasteiger partial charge in [0.25, 0.3) is 0 Å². The minimum atomic E-state index is 0.212. The zero-order chi connectivity index (χ0) is 19.2. The van der Waals surface area contributed by atoms with Crippen LogP contribution in [0, 0.1) is 0 Å². The molecule has 0 aliphatic rings. The van der Waals surface area contributed by atoms with Crippen molar-refractivity contribution in [2.75, 3.05) is 19.5 Å². The Morgan fingerprint density at radius 1 is 1.07 bits per heavy atom. The number of rotatable bonds is 8. The molecule has 0 saturated heterocycles. The maximum Gasteiger partial charge on any atom is 0.196 e. The molecular formula is C20H22ClN3O2S. The summed E-state index contributed by atoms with van der Waals surface area (Å²) in [7, 11) is 1.65. The minimum absolute atomic E-state index is 0.212. The van der Waals surface area contributed by atoms with E-state index < -0.39 is 0 Å². The third-order valence-electron chi connectivity index (χ3n) is 3.83. The van der Waals surface area contributed by atoms with E-state index in [-0.39, 0.29) is 6.10 Å². The second-order valence-electron chi connectivity index (χ2n) is 6.09. The van der Waals surface area contributed by atoms with E-state index >= 15 is 0 Å². The van der Waals surface area contributed by atoms with E-state index in [2.05, 4.69) is 10.2 Å². The molecule has 5 nitrogen and oxygen atoms in total. The van der Waals surface area contributed by atoms with E-state index in [1.807, 2.05) is 66.9 Å². The summed E-state index contributed by atoms with van der Waals surface area (Å²) in [6, 6.07) is 15.4. The van der Waals surface area contributed by atoms with Gasteiger partial charge in [0.1, 0.15) is 5.75 Å². The monoisotopic (exact) mass is 403 g/mol. The van der Waals surface area contributed by atoms with E-state index in [0.29, 0.717) is 11.6 Å². The molecule has 27 heavy (non-hydrogen) atoms. The van der Waals surface area contributed by atoms with Crippen LogP contribution >= 0.6 is 23.4 Å². The van der Waals surface area contributed by atoms with Crippen LogP contribution in [0.2, 0.25) is 5.02 Å². The van der Waals surface area contributed by atoms with Crippen LogP contribution in [0.4, 0.5) is 0 Å². The number of para-hydroxylation sites is 1. The predicted octanol–water partition coefficient (Wildman–Crippen LogP) is 5.11. The normalized spacial score (nSPS) is 11.1. The molecule has 0 fully saturated rings. The number of halogens is 1. The van der Waals surface area contributed by atoms with Gasteiger partial charge in [0.15, 0.2) is 11.0 Å². The van der Waals surface area contributed by atoms with Crippen molar-refractivity contribution in [3.8, 4) is 22.8 Å². The van der Waals surface area contributed by atoms with Crippen molar-refractivity contribution in [2.45, 2.75) is 25.1 Å². The van der Waals surface area contributed by atoms with Gasteiger partial charge in [-0.05, 0) is 50.2 Å². The predicted molar refractivity (Wildman–Crippen MR) is 110 cm³/mol. The molecule has 7 heteroatoms. The van der Waals surface area contributed by atoms with Gasteiger partial charge in [-0.3, -0.25) is 4.57 Å². The van der Waals surface area contributed by atoms with Crippen molar-refractivity contribution in [3.63, 3.8) is 0 Å². The molecule has 0 atom stereocenters. The number of ether oxygens (including phenoxy) is 2. The summed E-state index contributed by atoms with van der Waals surface area (Å²) in [5, 5.41) is 10.3. The van der Waals surface area contributed by atoms with Gasteiger partial charge >= 0.3 is 0 Å². The van der Waals surface area contributed by atoms with E-state index in [0.717, 1.165) is 33.7 Å². The van der Waals surface area contributed by atoms with Crippen LogP contribution in [0.5, 0.6) is 5.75 Å². The summed E-state index contributed by atoms with van der Waals surface area (Å²) < 4.78 is 13.2. The molecule has 0 saturated carbocycles. The van der Waals surface area contributed by atoms with Crippen molar-refractivity contribution in [1.82, 2.24) is 14.8 Å². The molecule has 2 aromatic carbocycles. The lowest BCUT2D eigenvalue weighted by Gasteiger charge is -2.13. The first-order chi connectivity index (χ1) is 13.1. The third-order valence-corrected chi connectivity index (χ3v) is 4.98. The molecule has 1 aromatic heterocycles. The largest absolute Gasteiger partial charge is 0.496 e. The van der Waals surface area contributed by atoms with E-state index in [9.17, 15) is 0 Å². The summed E-state index contributed by atoms with van der Waals surface area (Å²) in [6.07, 6.45) is 0.212. The number of nitrogens with zero attached hydrogens (tertiary/aromatic N) is 3. The number of benzene rings is 2. The lowest BCUT2D eigenvalue weighted by atomic mass is 10.2. The number of thioether (sulfide) groups is 1. The molecule has 0 bridgehead atoms. The molecule has 3 rings (SSSR count). The highest BCUT2D eigenvalue weighted by molar-refractivity contribution is 7.99. The number of hydrogen-bond acceptors (Lipinski definition) is 5. The highest BCUT2D eigenvalue weighted by Gasteiger charge is 2.18. The molecule has 3 aromatic rings. The molecule has 1 heterocycles. The lowest BCUT2D eigenvalue weighted by molar-refractivity contribution is 0.0920. The van der Waals surface area contributed by atoms with Crippen LogP contribution in [-0.4, -0.2) is 40.3 Å². The van der Waals surface area contributed by atoms with Gasteiger partial charge < -0.3 is 9.47 Å². The maximum atomic E-state index is 6.07. The van der Waals surface area contributed by atoms with Gasteiger partial charge in [-0.25, -0.2) is 0 Å². The average molecular weight is 404 g/mol. The van der Waals surface area contributed by atoms with Crippen LogP contribution in [-0.2, 0) is 4.74 Å². The van der Waals surface area contributed by atoms with Gasteiger partial charge in [0.2, 0.25) is 0 Å². The Kier molecular flexibility index (Phi) is 6.77. The summed E-state index contributed by atoms with van der Waals surface area (Å²) in [5.74, 6) is 2.26. The van der Waals surface area contributed by atoms with E-state index in [1.54, 1.807) is 18.9 Å². The van der Waals surface area contributed by atoms with E-state index in [4.69, 9.17) is 21.1 Å². The number of hydrogen-bond donors (Lipinski definition) is 0. The second kappa shape index (κ2) is 9.26. The van der Waals surface area contributed by atoms with Crippen LogP contribution in [0.1, 0.15) is 13.8 Å². The van der Waals surface area contributed by atoms with Gasteiger partial charge in [-0.2, -0.15) is 0 Å². The zero-order valence-electron chi connectivity index (χ0n) is 15.6. The molecular weight excluding hydrogens is 382 g/mol. The molecule has 0 aliphatic heterocycles. The first-order valence-corrected chi connectivity index (χ1v) is 10.1. The van der Waals surface area contributed by atoms with Crippen LogP contribution < -0.4 is 4.74 Å². The van der Waals surface area contributed by atoms with Crippen molar-refractivity contribution in [3.05, 3.63) is 53.6 Å². The van der Waals surface area contributed by atoms with Crippen molar-refractivity contribution in [2.24, 2.45) is 0 Å². The van der Waals surface area contributed by atoms with Gasteiger partial charge in [-0.1, -0.05) is 35.5 Å². The highest BCUT2D eigenvalue weighted by Crippen LogP contribution is 2.33. The topological polar surface area (TPSA) is 49.2 Å². The standard InChI is InChI=1S/C20H22ClN3O2S/c1-14(2)26-12-13-27-20-23-22-19(17-6-4-5-7-18(17)25-3)24(20)16-10-8-15(21)9-11-16/h4-11,14H,12-13H2,1-3H3. The molecule has 0 spiro atoms. The van der Waals surface area contributed by atoms with Crippen LogP contribution in [0.25, 0.3) is 17.1 Å². The second-order valence-corrected chi connectivity index (χ2v) is 7.58. The minimum Gasteiger partial charge on any atom is -0.496 e. The number of methoxy groups -OCH3 is 1. The lowest BCUT2D eigenvalue weighted by Crippen LogP contribution is -2.06. The fourth-order valence-corrected chi connectivity index (χ4v) is 3.51. The molecule has 0 unspecified atom stereocenters. The quantitative estimate of drug-likeness (QED) is 0.386.